The standard InChI is InChI=1S/C10H8N6O2/c1-17-10-12-6-4-8(13-10)18-16-9-7(14-15-16)3-2-5-11-9/h2-6H,1H3. The van der Waals surface area contributed by atoms with E-state index >= 15 is 0 Å². The molecule has 0 amide bonds. The van der Waals surface area contributed by atoms with Crippen molar-refractivity contribution in [1.29, 1.82) is 0 Å². The molecule has 8 heteroatoms. The Morgan fingerprint density at radius 2 is 2.11 bits per heavy atom. The van der Waals surface area contributed by atoms with Crippen molar-refractivity contribution in [1.82, 2.24) is 30.1 Å². The molecule has 0 saturated carbocycles. The summed E-state index contributed by atoms with van der Waals surface area (Å²) in [5.41, 5.74) is 1.15. The van der Waals surface area contributed by atoms with Crippen LogP contribution in [-0.2, 0) is 0 Å². The van der Waals surface area contributed by atoms with Gasteiger partial charge in [-0.05, 0) is 17.3 Å². The molecule has 18 heavy (non-hydrogen) atoms. The van der Waals surface area contributed by atoms with Gasteiger partial charge >= 0.3 is 6.01 Å². The molecule has 3 rings (SSSR count). The van der Waals surface area contributed by atoms with E-state index in [1.54, 1.807) is 24.4 Å². The predicted octanol–water partition coefficient (Wildman–Crippen LogP) is 0.467. The van der Waals surface area contributed by atoms with Crippen LogP contribution < -0.4 is 9.57 Å². The lowest BCUT2D eigenvalue weighted by atomic mass is 10.4. The van der Waals surface area contributed by atoms with Gasteiger partial charge in [-0.25, -0.2) is 9.97 Å². The molecule has 0 saturated heterocycles. The highest BCUT2D eigenvalue weighted by molar-refractivity contribution is 5.68. The fourth-order valence-electron chi connectivity index (χ4n) is 1.37. The first kappa shape index (κ1) is 10.4. The highest BCUT2D eigenvalue weighted by Crippen LogP contribution is 2.12. The summed E-state index contributed by atoms with van der Waals surface area (Å²) < 4.78 is 4.90. The quantitative estimate of drug-likeness (QED) is 0.661. The van der Waals surface area contributed by atoms with Gasteiger partial charge in [0.2, 0.25) is 5.65 Å². The molecule has 0 spiro atoms. The van der Waals surface area contributed by atoms with Crippen molar-refractivity contribution in [2.24, 2.45) is 0 Å². The number of hydrogen-bond donors (Lipinski definition) is 0. The van der Waals surface area contributed by atoms with E-state index in [1.807, 2.05) is 0 Å². The maximum Gasteiger partial charge on any atom is 0.319 e. The topological polar surface area (TPSA) is 87.8 Å². The van der Waals surface area contributed by atoms with Crippen LogP contribution in [0.2, 0.25) is 0 Å². The number of methoxy groups -OCH3 is 1. The van der Waals surface area contributed by atoms with Crippen LogP contribution in [0.5, 0.6) is 11.9 Å². The van der Waals surface area contributed by atoms with Crippen molar-refractivity contribution in [3.05, 3.63) is 30.6 Å². The third kappa shape index (κ3) is 1.79. The van der Waals surface area contributed by atoms with Crippen LogP contribution in [0.15, 0.2) is 30.6 Å². The molecule has 0 aliphatic rings. The Labute approximate surface area is 101 Å². The van der Waals surface area contributed by atoms with Crippen LogP contribution in [0.3, 0.4) is 0 Å². The fourth-order valence-corrected chi connectivity index (χ4v) is 1.37. The lowest BCUT2D eigenvalue weighted by molar-refractivity contribution is 0.171. The molecule has 3 aromatic heterocycles. The van der Waals surface area contributed by atoms with Crippen LogP contribution >= 0.6 is 0 Å². The van der Waals surface area contributed by atoms with Crippen molar-refractivity contribution < 1.29 is 9.57 Å². The molecule has 0 aromatic carbocycles. The summed E-state index contributed by atoms with van der Waals surface area (Å²) in [5.74, 6) is 0.291. The molecular formula is C10H8N6O2. The van der Waals surface area contributed by atoms with Gasteiger partial charge in [0.15, 0.2) is 0 Å². The lowest BCUT2D eigenvalue weighted by Crippen LogP contribution is -2.09. The molecule has 3 aromatic rings. The summed E-state index contributed by atoms with van der Waals surface area (Å²) in [6, 6.07) is 5.36. The van der Waals surface area contributed by atoms with Gasteiger partial charge in [0.1, 0.15) is 5.52 Å². The zero-order valence-corrected chi connectivity index (χ0v) is 9.39. The van der Waals surface area contributed by atoms with Crippen LogP contribution in [0, 0.1) is 0 Å². The summed E-state index contributed by atoms with van der Waals surface area (Å²) in [7, 11) is 1.48. The Balaban J connectivity index is 1.96. The normalized spacial score (nSPS) is 10.5. The Bertz CT molecular complexity index is 683. The van der Waals surface area contributed by atoms with Gasteiger partial charge in [-0.1, -0.05) is 4.85 Å². The summed E-state index contributed by atoms with van der Waals surface area (Å²) in [4.78, 5) is 18.6. The highest BCUT2D eigenvalue weighted by atomic mass is 16.7. The van der Waals surface area contributed by atoms with Crippen LogP contribution in [0.1, 0.15) is 0 Å². The summed E-state index contributed by atoms with van der Waals surface area (Å²) in [5, 5.41) is 7.74. The minimum absolute atomic E-state index is 0.213. The molecule has 0 radical (unpaired) electrons. The Kier molecular flexibility index (Phi) is 2.45. The average molecular weight is 244 g/mol. The van der Waals surface area contributed by atoms with Gasteiger partial charge in [-0.2, -0.15) is 4.98 Å². The molecule has 3 heterocycles. The number of hydrogen-bond acceptors (Lipinski definition) is 7. The van der Waals surface area contributed by atoms with Crippen molar-refractivity contribution in [2.75, 3.05) is 7.11 Å². The monoisotopic (exact) mass is 244 g/mol. The number of rotatable bonds is 3. The smallest absolute Gasteiger partial charge is 0.319 e. The summed E-state index contributed by atoms with van der Waals surface area (Å²) in [6.07, 6.45) is 3.15. The fraction of sp³-hybridized carbons (Fsp3) is 0.100. The minimum atomic E-state index is 0.213. The highest BCUT2D eigenvalue weighted by Gasteiger charge is 2.08. The first-order valence-electron chi connectivity index (χ1n) is 5.08. The molecule has 0 atom stereocenters. The minimum Gasteiger partial charge on any atom is -0.467 e. The van der Waals surface area contributed by atoms with Crippen LogP contribution in [0.25, 0.3) is 11.2 Å². The second kappa shape index (κ2) is 4.24. The van der Waals surface area contributed by atoms with Gasteiger partial charge < -0.3 is 9.57 Å². The first-order valence-corrected chi connectivity index (χ1v) is 5.08. The van der Waals surface area contributed by atoms with E-state index in [0.717, 1.165) is 0 Å². The Morgan fingerprint density at radius 1 is 1.17 bits per heavy atom. The van der Waals surface area contributed by atoms with Crippen molar-refractivity contribution in [3.63, 3.8) is 0 Å². The zero-order chi connectivity index (χ0) is 12.4. The lowest BCUT2D eigenvalue weighted by Gasteiger charge is -2.03. The van der Waals surface area contributed by atoms with Gasteiger partial charge in [0.05, 0.1) is 7.11 Å². The van der Waals surface area contributed by atoms with Gasteiger partial charge in [0, 0.05) is 18.5 Å². The molecule has 8 nitrogen and oxygen atoms in total. The average Bonchev–Trinajstić information content (AvgIpc) is 2.83. The van der Waals surface area contributed by atoms with Gasteiger partial charge in [-0.15, -0.1) is 5.10 Å². The van der Waals surface area contributed by atoms with E-state index in [0.29, 0.717) is 17.0 Å². The van der Waals surface area contributed by atoms with Gasteiger partial charge in [-0.3, -0.25) is 0 Å². The molecule has 0 fully saturated rings. The van der Waals surface area contributed by atoms with E-state index in [4.69, 9.17) is 9.57 Å². The van der Waals surface area contributed by atoms with E-state index in [-0.39, 0.29) is 6.01 Å². The first-order chi connectivity index (χ1) is 8.86. The maximum atomic E-state index is 5.42. The summed E-state index contributed by atoms with van der Waals surface area (Å²) in [6.45, 7) is 0. The van der Waals surface area contributed by atoms with Crippen molar-refractivity contribution in [2.45, 2.75) is 0 Å². The molecule has 90 valence electrons. The molecule has 0 aliphatic heterocycles. The van der Waals surface area contributed by atoms with Crippen molar-refractivity contribution >= 4 is 11.2 Å². The van der Waals surface area contributed by atoms with Gasteiger partial charge in [0.25, 0.3) is 5.88 Å². The third-order valence-corrected chi connectivity index (χ3v) is 2.15. The summed E-state index contributed by atoms with van der Waals surface area (Å²) >= 11 is 0. The largest absolute Gasteiger partial charge is 0.467 e. The molecule has 0 aliphatic carbocycles. The maximum absolute atomic E-state index is 5.42. The number of pyridine rings is 1. The molecular weight excluding hydrogens is 236 g/mol. The third-order valence-electron chi connectivity index (χ3n) is 2.15. The van der Waals surface area contributed by atoms with E-state index in [2.05, 4.69) is 25.3 Å². The second-order valence-corrected chi connectivity index (χ2v) is 3.28. The van der Waals surface area contributed by atoms with Crippen molar-refractivity contribution in [3.8, 4) is 11.9 Å². The number of nitrogens with zero attached hydrogens (tertiary/aromatic N) is 6. The van der Waals surface area contributed by atoms with E-state index < -0.39 is 0 Å². The Hall–Kier alpha value is -2.77. The zero-order valence-electron chi connectivity index (χ0n) is 9.39. The van der Waals surface area contributed by atoms with E-state index in [1.165, 1.54) is 18.2 Å². The molecule has 0 bridgehead atoms. The van der Waals surface area contributed by atoms with Crippen LogP contribution in [-0.4, -0.2) is 37.2 Å². The molecule has 0 N–H and O–H groups in total. The predicted molar refractivity (Wildman–Crippen MR) is 59.9 cm³/mol. The SMILES string of the molecule is COc1nccc(On2nnc3cccnc32)n1. The number of aromatic nitrogens is 6. The number of fused-ring (bicyclic) bond motifs is 1. The second-order valence-electron chi connectivity index (χ2n) is 3.28. The van der Waals surface area contributed by atoms with Crippen LogP contribution in [0.4, 0.5) is 0 Å². The molecule has 0 unspecified atom stereocenters. The Morgan fingerprint density at radius 3 is 3.00 bits per heavy atom. The number of ether oxygens (including phenoxy) is 1. The van der Waals surface area contributed by atoms with E-state index in [9.17, 15) is 0 Å².